The second-order valence-electron chi connectivity index (χ2n) is 12.2. The van der Waals surface area contributed by atoms with Crippen molar-refractivity contribution in [2.24, 2.45) is 0 Å². The van der Waals surface area contributed by atoms with Crippen molar-refractivity contribution in [1.29, 1.82) is 0 Å². The van der Waals surface area contributed by atoms with Crippen LogP contribution in [0, 0.1) is 6.92 Å². The standard InChI is InChI=1S/C43H38/c1-31-14-20-35(21-15-31)36-22-16-32(17-23-36)10-7-11-33-18-24-37(25-19-33)38-26-27-42-40(28-34-8-3-2-4-9-34)29-39-12-5-6-13-41(39)43(42)30-38/h2-6,8-9,12-27,30,40H,7,10-11,28-29H2,1H3. The molecule has 0 heteroatoms. The minimum Gasteiger partial charge on any atom is -0.0622 e. The molecule has 0 aliphatic heterocycles. The zero-order valence-electron chi connectivity index (χ0n) is 25.0. The molecular weight excluding hydrogens is 516 g/mol. The molecule has 0 N–H and O–H groups in total. The summed E-state index contributed by atoms with van der Waals surface area (Å²) in [7, 11) is 0. The van der Waals surface area contributed by atoms with Gasteiger partial charge in [0.05, 0.1) is 0 Å². The molecule has 0 nitrogen and oxygen atoms in total. The molecule has 0 spiro atoms. The number of rotatable bonds is 8. The van der Waals surface area contributed by atoms with E-state index in [4.69, 9.17) is 0 Å². The Labute approximate surface area is 256 Å². The molecule has 0 fully saturated rings. The first-order valence-electron chi connectivity index (χ1n) is 15.7. The molecular formula is C43H38. The van der Waals surface area contributed by atoms with Gasteiger partial charge < -0.3 is 0 Å². The fraction of sp³-hybridized carbons (Fsp3) is 0.163. The third-order valence-corrected chi connectivity index (χ3v) is 9.15. The predicted octanol–water partition coefficient (Wildman–Crippen LogP) is 11.1. The van der Waals surface area contributed by atoms with Gasteiger partial charge in [-0.15, -0.1) is 0 Å². The van der Waals surface area contributed by atoms with Gasteiger partial charge >= 0.3 is 0 Å². The van der Waals surface area contributed by atoms with Crippen LogP contribution in [0.15, 0.2) is 146 Å². The zero-order valence-corrected chi connectivity index (χ0v) is 25.0. The van der Waals surface area contributed by atoms with Crippen LogP contribution in [0.2, 0.25) is 0 Å². The van der Waals surface area contributed by atoms with Crippen molar-refractivity contribution in [1.82, 2.24) is 0 Å². The average molecular weight is 555 g/mol. The minimum absolute atomic E-state index is 0.502. The quantitative estimate of drug-likeness (QED) is 0.175. The van der Waals surface area contributed by atoms with E-state index in [1.165, 1.54) is 66.8 Å². The van der Waals surface area contributed by atoms with Crippen LogP contribution in [0.4, 0.5) is 0 Å². The Balaban J connectivity index is 1.03. The molecule has 210 valence electrons. The molecule has 0 radical (unpaired) electrons. The smallest absolute Gasteiger partial charge is 0.00747 e. The summed E-state index contributed by atoms with van der Waals surface area (Å²) in [5.41, 5.74) is 16.4. The van der Waals surface area contributed by atoms with Crippen molar-refractivity contribution < 1.29 is 0 Å². The maximum absolute atomic E-state index is 2.43. The summed E-state index contributed by atoms with van der Waals surface area (Å²) in [5.74, 6) is 0.502. The van der Waals surface area contributed by atoms with Crippen molar-refractivity contribution in [3.05, 3.63) is 179 Å². The maximum atomic E-state index is 2.43. The molecule has 43 heavy (non-hydrogen) atoms. The van der Waals surface area contributed by atoms with E-state index < -0.39 is 0 Å². The second kappa shape index (κ2) is 12.3. The van der Waals surface area contributed by atoms with Crippen LogP contribution in [0.1, 0.15) is 45.7 Å². The maximum Gasteiger partial charge on any atom is -0.00747 e. The second-order valence-corrected chi connectivity index (χ2v) is 12.2. The summed E-state index contributed by atoms with van der Waals surface area (Å²) in [4.78, 5) is 0. The van der Waals surface area contributed by atoms with Gasteiger partial charge in [0.15, 0.2) is 0 Å². The summed E-state index contributed by atoms with van der Waals surface area (Å²) in [6, 6.07) is 54.2. The van der Waals surface area contributed by atoms with Crippen LogP contribution < -0.4 is 0 Å². The molecule has 0 saturated carbocycles. The van der Waals surface area contributed by atoms with Crippen molar-refractivity contribution in [3.63, 3.8) is 0 Å². The van der Waals surface area contributed by atoms with Gasteiger partial charge in [0, 0.05) is 0 Å². The predicted molar refractivity (Wildman–Crippen MR) is 183 cm³/mol. The molecule has 0 aromatic heterocycles. The highest BCUT2D eigenvalue weighted by molar-refractivity contribution is 5.79. The SMILES string of the molecule is Cc1ccc(-c2ccc(CCCc3ccc(-c4ccc5c(c4)-c4ccccc4CC5Cc4ccccc4)cc3)cc2)cc1. The highest BCUT2D eigenvalue weighted by atomic mass is 14.3. The topological polar surface area (TPSA) is 0 Å². The largest absolute Gasteiger partial charge is 0.0622 e. The fourth-order valence-corrected chi connectivity index (χ4v) is 6.71. The van der Waals surface area contributed by atoms with Gasteiger partial charge in [-0.2, -0.15) is 0 Å². The van der Waals surface area contributed by atoms with Crippen LogP contribution in [0.3, 0.4) is 0 Å². The fourth-order valence-electron chi connectivity index (χ4n) is 6.71. The monoisotopic (exact) mass is 554 g/mol. The number of hydrogen-bond acceptors (Lipinski definition) is 0. The Bertz CT molecular complexity index is 1810. The first-order valence-corrected chi connectivity index (χ1v) is 15.7. The van der Waals surface area contributed by atoms with Gasteiger partial charge in [-0.05, 0) is 112 Å². The van der Waals surface area contributed by atoms with E-state index in [9.17, 15) is 0 Å². The average Bonchev–Trinajstić information content (AvgIpc) is 3.06. The van der Waals surface area contributed by atoms with E-state index in [0.717, 1.165) is 32.1 Å². The van der Waals surface area contributed by atoms with Crippen molar-refractivity contribution in [2.45, 2.75) is 44.9 Å². The summed E-state index contributed by atoms with van der Waals surface area (Å²) in [6.45, 7) is 2.13. The first-order chi connectivity index (χ1) is 21.2. The third-order valence-electron chi connectivity index (χ3n) is 9.15. The lowest BCUT2D eigenvalue weighted by Crippen LogP contribution is -2.13. The summed E-state index contributed by atoms with van der Waals surface area (Å²) < 4.78 is 0. The van der Waals surface area contributed by atoms with Crippen molar-refractivity contribution >= 4 is 0 Å². The van der Waals surface area contributed by atoms with E-state index in [2.05, 4.69) is 153 Å². The Kier molecular flexibility index (Phi) is 7.76. The lowest BCUT2D eigenvalue weighted by molar-refractivity contribution is 0.673. The van der Waals surface area contributed by atoms with E-state index in [1.54, 1.807) is 0 Å². The Morgan fingerprint density at radius 3 is 1.72 bits per heavy atom. The number of fused-ring (bicyclic) bond motifs is 3. The van der Waals surface area contributed by atoms with Crippen molar-refractivity contribution in [3.8, 4) is 33.4 Å². The molecule has 6 aromatic rings. The first kappa shape index (κ1) is 27.2. The molecule has 7 rings (SSSR count). The highest BCUT2D eigenvalue weighted by Gasteiger charge is 2.25. The van der Waals surface area contributed by atoms with E-state index in [1.807, 2.05) is 0 Å². The van der Waals surface area contributed by atoms with Gasteiger partial charge in [0.2, 0.25) is 0 Å². The van der Waals surface area contributed by atoms with E-state index >= 15 is 0 Å². The van der Waals surface area contributed by atoms with Crippen LogP contribution in [-0.4, -0.2) is 0 Å². The molecule has 1 aliphatic rings. The molecule has 0 heterocycles. The molecule has 6 aromatic carbocycles. The Morgan fingerprint density at radius 2 is 1.05 bits per heavy atom. The van der Waals surface area contributed by atoms with Gasteiger partial charge in [0.1, 0.15) is 0 Å². The van der Waals surface area contributed by atoms with E-state index in [-0.39, 0.29) is 0 Å². The molecule has 0 amide bonds. The van der Waals surface area contributed by atoms with Gasteiger partial charge in [-0.25, -0.2) is 0 Å². The summed E-state index contributed by atoms with van der Waals surface area (Å²) in [6.07, 6.45) is 5.53. The number of aryl methyl sites for hydroxylation is 3. The van der Waals surface area contributed by atoms with Gasteiger partial charge in [-0.1, -0.05) is 145 Å². The Morgan fingerprint density at radius 1 is 0.488 bits per heavy atom. The molecule has 1 atom stereocenters. The molecule has 1 aliphatic carbocycles. The van der Waals surface area contributed by atoms with Crippen LogP contribution in [0.5, 0.6) is 0 Å². The lowest BCUT2D eigenvalue weighted by atomic mass is 9.75. The minimum atomic E-state index is 0.502. The van der Waals surface area contributed by atoms with Gasteiger partial charge in [-0.3, -0.25) is 0 Å². The molecule has 1 unspecified atom stereocenters. The van der Waals surface area contributed by atoms with Crippen LogP contribution in [0.25, 0.3) is 33.4 Å². The normalized spacial score (nSPS) is 13.7. The zero-order chi connectivity index (χ0) is 29.0. The number of benzene rings is 6. The molecule has 0 saturated heterocycles. The highest BCUT2D eigenvalue weighted by Crippen LogP contribution is 2.42. The van der Waals surface area contributed by atoms with Gasteiger partial charge in [0.25, 0.3) is 0 Å². The summed E-state index contributed by atoms with van der Waals surface area (Å²) in [5, 5.41) is 0. The number of hydrogen-bond donors (Lipinski definition) is 0. The molecule has 0 bridgehead atoms. The van der Waals surface area contributed by atoms with Crippen LogP contribution in [-0.2, 0) is 25.7 Å². The van der Waals surface area contributed by atoms with Crippen molar-refractivity contribution in [2.75, 3.05) is 0 Å². The van der Waals surface area contributed by atoms with Crippen LogP contribution >= 0.6 is 0 Å². The summed E-state index contributed by atoms with van der Waals surface area (Å²) >= 11 is 0. The Hall–Kier alpha value is -4.68. The lowest BCUT2D eigenvalue weighted by Gasteiger charge is -2.28. The third kappa shape index (κ3) is 6.11. The van der Waals surface area contributed by atoms with E-state index in [0.29, 0.717) is 5.92 Å².